The number of benzene rings is 2. The summed E-state index contributed by atoms with van der Waals surface area (Å²) in [4.78, 5) is 4.36. The lowest BCUT2D eigenvalue weighted by molar-refractivity contribution is 0.415. The number of hydrogen-bond acceptors (Lipinski definition) is 6. The molecule has 1 heterocycles. The average Bonchev–Trinajstić information content (AvgIpc) is 2.59. The second-order valence-electron chi connectivity index (χ2n) is 4.78. The van der Waals surface area contributed by atoms with Gasteiger partial charge in [0.15, 0.2) is 5.82 Å². The Hall–Kier alpha value is -2.57. The van der Waals surface area contributed by atoms with Crippen LogP contribution >= 0.6 is 23.2 Å². The van der Waals surface area contributed by atoms with Gasteiger partial charge in [-0.15, -0.1) is 5.10 Å². The molecule has 0 saturated heterocycles. The summed E-state index contributed by atoms with van der Waals surface area (Å²) in [5.41, 5.74) is 1.54. The van der Waals surface area contributed by atoms with Crippen LogP contribution in [0.1, 0.15) is 0 Å². The predicted octanol–water partition coefficient (Wildman–Crippen LogP) is 4.67. The zero-order valence-corrected chi connectivity index (χ0v) is 14.1. The van der Waals surface area contributed by atoms with E-state index in [9.17, 15) is 0 Å². The van der Waals surface area contributed by atoms with Crippen LogP contribution in [-0.4, -0.2) is 22.3 Å². The molecule has 2 aromatic carbocycles. The molecular weight excluding hydrogens is 349 g/mol. The van der Waals surface area contributed by atoms with Gasteiger partial charge in [0.2, 0.25) is 5.95 Å². The van der Waals surface area contributed by atoms with E-state index in [-0.39, 0.29) is 0 Å². The molecule has 0 radical (unpaired) electrons. The summed E-state index contributed by atoms with van der Waals surface area (Å²) in [6.07, 6.45) is 1.51. The molecule has 1 aromatic heterocycles. The molecule has 3 aromatic rings. The number of anilines is 4. The first kappa shape index (κ1) is 16.3. The van der Waals surface area contributed by atoms with Crippen molar-refractivity contribution in [3.63, 3.8) is 0 Å². The Kier molecular flexibility index (Phi) is 4.98. The Morgan fingerprint density at radius 1 is 0.958 bits per heavy atom. The topological polar surface area (TPSA) is 72.0 Å². The molecule has 8 heteroatoms. The van der Waals surface area contributed by atoms with Crippen LogP contribution in [0.5, 0.6) is 5.75 Å². The normalized spacial score (nSPS) is 10.3. The van der Waals surface area contributed by atoms with Crippen LogP contribution < -0.4 is 15.4 Å². The van der Waals surface area contributed by atoms with E-state index < -0.39 is 0 Å². The zero-order valence-electron chi connectivity index (χ0n) is 12.6. The highest BCUT2D eigenvalue weighted by atomic mass is 35.5. The van der Waals surface area contributed by atoms with Gasteiger partial charge in [-0.05, 0) is 30.3 Å². The molecule has 2 N–H and O–H groups in total. The summed E-state index contributed by atoms with van der Waals surface area (Å²) in [5, 5.41) is 15.0. The van der Waals surface area contributed by atoms with Crippen molar-refractivity contribution in [2.45, 2.75) is 0 Å². The summed E-state index contributed by atoms with van der Waals surface area (Å²) in [6, 6.07) is 12.6. The Balaban J connectivity index is 1.77. The van der Waals surface area contributed by atoms with Crippen molar-refractivity contribution >= 4 is 46.3 Å². The third-order valence-electron chi connectivity index (χ3n) is 3.08. The number of ether oxygens (including phenoxy) is 1. The molecule has 0 saturated carbocycles. The van der Waals surface area contributed by atoms with Gasteiger partial charge in [0.25, 0.3) is 0 Å². The lowest BCUT2D eigenvalue weighted by Gasteiger charge is -2.09. The maximum absolute atomic E-state index is 6.00. The summed E-state index contributed by atoms with van der Waals surface area (Å²) in [6.45, 7) is 0. The monoisotopic (exact) mass is 361 g/mol. The van der Waals surface area contributed by atoms with Gasteiger partial charge in [0.1, 0.15) is 5.75 Å². The number of hydrogen-bond donors (Lipinski definition) is 2. The van der Waals surface area contributed by atoms with Gasteiger partial charge in [-0.2, -0.15) is 10.1 Å². The molecule has 6 nitrogen and oxygen atoms in total. The minimum absolute atomic E-state index is 0.355. The molecular formula is C16H13Cl2N5O. The van der Waals surface area contributed by atoms with Crippen molar-refractivity contribution < 1.29 is 4.74 Å². The van der Waals surface area contributed by atoms with Crippen LogP contribution in [0.15, 0.2) is 48.7 Å². The predicted molar refractivity (Wildman–Crippen MR) is 95.8 cm³/mol. The number of rotatable bonds is 5. The van der Waals surface area contributed by atoms with Gasteiger partial charge in [0, 0.05) is 17.4 Å². The van der Waals surface area contributed by atoms with E-state index in [0.717, 1.165) is 17.1 Å². The molecule has 0 atom stereocenters. The minimum Gasteiger partial charge on any atom is -0.497 e. The highest BCUT2D eigenvalue weighted by molar-refractivity contribution is 6.42. The van der Waals surface area contributed by atoms with Gasteiger partial charge in [0.05, 0.1) is 23.4 Å². The molecule has 122 valence electrons. The number of halogens is 2. The van der Waals surface area contributed by atoms with E-state index in [4.69, 9.17) is 27.9 Å². The van der Waals surface area contributed by atoms with Gasteiger partial charge in [-0.3, -0.25) is 0 Å². The third-order valence-corrected chi connectivity index (χ3v) is 3.82. The van der Waals surface area contributed by atoms with Crippen LogP contribution in [0.4, 0.5) is 23.1 Å². The fourth-order valence-corrected chi connectivity index (χ4v) is 2.27. The second kappa shape index (κ2) is 7.33. The number of aromatic nitrogens is 3. The van der Waals surface area contributed by atoms with E-state index >= 15 is 0 Å². The number of nitrogens with zero attached hydrogens (tertiary/aromatic N) is 3. The molecule has 0 bridgehead atoms. The van der Waals surface area contributed by atoms with Gasteiger partial charge < -0.3 is 15.4 Å². The number of nitrogens with one attached hydrogen (secondary N) is 2. The molecule has 0 amide bonds. The highest BCUT2D eigenvalue weighted by Gasteiger charge is 2.04. The van der Waals surface area contributed by atoms with E-state index in [0.29, 0.717) is 21.8 Å². The Morgan fingerprint density at radius 2 is 1.79 bits per heavy atom. The quantitative estimate of drug-likeness (QED) is 0.687. The first-order chi connectivity index (χ1) is 11.6. The fourth-order valence-electron chi connectivity index (χ4n) is 1.97. The second-order valence-corrected chi connectivity index (χ2v) is 5.59. The van der Waals surface area contributed by atoms with Crippen LogP contribution in [-0.2, 0) is 0 Å². The van der Waals surface area contributed by atoms with E-state index in [1.165, 1.54) is 6.20 Å². The zero-order chi connectivity index (χ0) is 16.9. The summed E-state index contributed by atoms with van der Waals surface area (Å²) in [5.74, 6) is 1.61. The van der Waals surface area contributed by atoms with Crippen molar-refractivity contribution in [2.24, 2.45) is 0 Å². The summed E-state index contributed by atoms with van der Waals surface area (Å²) >= 11 is 11.9. The molecule has 0 aliphatic carbocycles. The van der Waals surface area contributed by atoms with Gasteiger partial charge in [-0.25, -0.2) is 0 Å². The minimum atomic E-state index is 0.355. The van der Waals surface area contributed by atoms with Crippen LogP contribution in [0.3, 0.4) is 0 Å². The lowest BCUT2D eigenvalue weighted by Crippen LogP contribution is -2.02. The maximum atomic E-state index is 6.00. The van der Waals surface area contributed by atoms with E-state index in [1.807, 2.05) is 24.3 Å². The van der Waals surface area contributed by atoms with Crippen LogP contribution in [0.25, 0.3) is 0 Å². The molecule has 0 unspecified atom stereocenters. The van der Waals surface area contributed by atoms with E-state index in [2.05, 4.69) is 25.8 Å². The van der Waals surface area contributed by atoms with Crippen molar-refractivity contribution in [3.05, 3.63) is 58.7 Å². The Labute approximate surface area is 148 Å². The van der Waals surface area contributed by atoms with Gasteiger partial charge >= 0.3 is 0 Å². The fraction of sp³-hybridized carbons (Fsp3) is 0.0625. The summed E-state index contributed by atoms with van der Waals surface area (Å²) in [7, 11) is 1.61. The van der Waals surface area contributed by atoms with E-state index in [1.54, 1.807) is 25.3 Å². The third kappa shape index (κ3) is 4.04. The number of methoxy groups -OCH3 is 1. The standard InChI is InChI=1S/C16H13Cl2N5O/c1-24-12-4-2-3-10(7-12)21-16-22-15(9-19-23-16)20-11-5-6-13(17)14(18)8-11/h2-9H,1H3,(H2,20,21,22,23). The molecule has 0 spiro atoms. The largest absolute Gasteiger partial charge is 0.497 e. The first-order valence-electron chi connectivity index (χ1n) is 6.97. The van der Waals surface area contributed by atoms with Crippen LogP contribution in [0.2, 0.25) is 10.0 Å². The van der Waals surface area contributed by atoms with Crippen molar-refractivity contribution in [1.29, 1.82) is 0 Å². The Morgan fingerprint density at radius 3 is 2.58 bits per heavy atom. The van der Waals surface area contributed by atoms with Crippen molar-refractivity contribution in [2.75, 3.05) is 17.7 Å². The van der Waals surface area contributed by atoms with Gasteiger partial charge in [-0.1, -0.05) is 29.3 Å². The smallest absolute Gasteiger partial charge is 0.249 e. The summed E-state index contributed by atoms with van der Waals surface area (Å²) < 4.78 is 5.18. The molecule has 0 aliphatic rings. The molecule has 0 fully saturated rings. The lowest BCUT2D eigenvalue weighted by atomic mass is 10.3. The van der Waals surface area contributed by atoms with Crippen LogP contribution in [0, 0.1) is 0 Å². The van der Waals surface area contributed by atoms with Crippen molar-refractivity contribution in [3.8, 4) is 5.75 Å². The molecule has 3 rings (SSSR count). The Bertz CT molecular complexity index is 859. The molecule has 0 aliphatic heterocycles. The van der Waals surface area contributed by atoms with Crippen molar-refractivity contribution in [1.82, 2.24) is 15.2 Å². The maximum Gasteiger partial charge on any atom is 0.249 e. The first-order valence-corrected chi connectivity index (χ1v) is 7.72. The highest BCUT2D eigenvalue weighted by Crippen LogP contribution is 2.26. The SMILES string of the molecule is COc1cccc(Nc2nncc(Nc3ccc(Cl)c(Cl)c3)n2)c1. The molecule has 24 heavy (non-hydrogen) atoms. The average molecular weight is 362 g/mol.